The number of carbonyl (C=O) groups is 2. The minimum atomic E-state index is -1.05. The van der Waals surface area contributed by atoms with Crippen molar-refractivity contribution in [2.24, 2.45) is 11.5 Å². The molecular weight excluding hydrogens is 307 g/mol. The highest BCUT2D eigenvalue weighted by Gasteiger charge is 2.13. The monoisotopic (exact) mass is 324 g/mol. The lowest BCUT2D eigenvalue weighted by atomic mass is 10.0. The van der Waals surface area contributed by atoms with Crippen molar-refractivity contribution >= 4 is 36.8 Å². The molecule has 0 aliphatic carbocycles. The molecule has 6 N–H and O–H groups in total. The van der Waals surface area contributed by atoms with Gasteiger partial charge in [-0.3, -0.25) is 9.59 Å². The van der Waals surface area contributed by atoms with Crippen LogP contribution in [-0.2, 0) is 22.4 Å². The van der Waals surface area contributed by atoms with Crippen LogP contribution in [0.2, 0.25) is 0 Å². The Kier molecular flexibility index (Phi) is 10.0. The van der Waals surface area contributed by atoms with Gasteiger partial charge in [-0.15, -0.1) is 24.8 Å². The Balaban J connectivity index is 0. The van der Waals surface area contributed by atoms with E-state index in [0.717, 1.165) is 11.1 Å². The quantitative estimate of drug-likeness (QED) is 0.601. The van der Waals surface area contributed by atoms with Crippen molar-refractivity contribution in [2.75, 3.05) is 0 Å². The summed E-state index contributed by atoms with van der Waals surface area (Å²) in [6, 6.07) is 5.05. The Bertz CT molecular complexity index is 399. The zero-order chi connectivity index (χ0) is 13.7. The lowest BCUT2D eigenvalue weighted by Crippen LogP contribution is -2.32. The minimum Gasteiger partial charge on any atom is -0.480 e. The van der Waals surface area contributed by atoms with Crippen molar-refractivity contribution < 1.29 is 19.8 Å². The van der Waals surface area contributed by atoms with Gasteiger partial charge in [-0.25, -0.2) is 0 Å². The summed E-state index contributed by atoms with van der Waals surface area (Å²) in [4.78, 5) is 21.2. The molecule has 0 radical (unpaired) electrons. The molecule has 6 nitrogen and oxygen atoms in total. The highest BCUT2D eigenvalue weighted by molar-refractivity contribution is 5.85. The van der Waals surface area contributed by atoms with Crippen molar-refractivity contribution in [2.45, 2.75) is 24.9 Å². The molecule has 0 aliphatic heterocycles. The van der Waals surface area contributed by atoms with E-state index in [-0.39, 0.29) is 37.7 Å². The third-order valence-electron chi connectivity index (χ3n) is 2.57. The van der Waals surface area contributed by atoms with Gasteiger partial charge in [0.25, 0.3) is 0 Å². The maximum absolute atomic E-state index is 10.6. The smallest absolute Gasteiger partial charge is 0.320 e. The zero-order valence-corrected chi connectivity index (χ0v) is 12.2. The fourth-order valence-electron chi connectivity index (χ4n) is 1.49. The molecule has 0 unspecified atom stereocenters. The Labute approximate surface area is 129 Å². The normalized spacial score (nSPS) is 12.5. The summed E-state index contributed by atoms with van der Waals surface area (Å²) in [5.41, 5.74) is 12.4. The van der Waals surface area contributed by atoms with Crippen molar-refractivity contribution in [3.63, 3.8) is 0 Å². The molecular formula is C12H18Cl2N2O4. The van der Waals surface area contributed by atoms with Gasteiger partial charge >= 0.3 is 11.9 Å². The number of carboxylic acids is 2. The number of nitrogens with two attached hydrogens (primary N) is 2. The van der Waals surface area contributed by atoms with E-state index in [9.17, 15) is 9.59 Å². The predicted octanol–water partition coefficient (Wildman–Crippen LogP) is 0.439. The third-order valence-corrected chi connectivity index (χ3v) is 2.57. The van der Waals surface area contributed by atoms with Crippen LogP contribution in [0.15, 0.2) is 24.3 Å². The first-order chi connectivity index (χ1) is 8.40. The van der Waals surface area contributed by atoms with Gasteiger partial charge in [-0.05, 0) is 24.0 Å². The van der Waals surface area contributed by atoms with Gasteiger partial charge in [0.1, 0.15) is 12.1 Å². The summed E-state index contributed by atoms with van der Waals surface area (Å²) < 4.78 is 0. The fraction of sp³-hybridized carbons (Fsp3) is 0.333. The van der Waals surface area contributed by atoms with Gasteiger partial charge in [0.05, 0.1) is 0 Å². The highest BCUT2D eigenvalue weighted by atomic mass is 35.5. The van der Waals surface area contributed by atoms with E-state index in [4.69, 9.17) is 21.7 Å². The second kappa shape index (κ2) is 9.55. The van der Waals surface area contributed by atoms with Gasteiger partial charge in [-0.2, -0.15) is 0 Å². The van der Waals surface area contributed by atoms with Crippen molar-refractivity contribution in [1.29, 1.82) is 0 Å². The zero-order valence-electron chi connectivity index (χ0n) is 10.6. The minimum absolute atomic E-state index is 0. The average molecular weight is 325 g/mol. The number of benzene rings is 1. The summed E-state index contributed by atoms with van der Waals surface area (Å²) in [5, 5.41) is 17.3. The van der Waals surface area contributed by atoms with Gasteiger partial charge in [0, 0.05) is 0 Å². The summed E-state index contributed by atoms with van der Waals surface area (Å²) in [6.45, 7) is 0. The number of carboxylic acid groups (broad SMARTS) is 2. The van der Waals surface area contributed by atoms with Gasteiger partial charge in [-0.1, -0.05) is 24.3 Å². The highest BCUT2D eigenvalue weighted by Crippen LogP contribution is 2.08. The van der Waals surface area contributed by atoms with E-state index in [0.29, 0.717) is 0 Å². The van der Waals surface area contributed by atoms with Crippen molar-refractivity contribution in [1.82, 2.24) is 0 Å². The van der Waals surface area contributed by atoms with Crippen LogP contribution in [0.25, 0.3) is 0 Å². The standard InChI is InChI=1S/C12H16N2O4.2ClH/c13-9(11(15)16)5-7-1-2-8(4-3-7)6-10(14)12(17)18;;/h1-4,9-10H,5-6,13-14H2,(H,15,16)(H,17,18);2*1H/t9-,10-;;/m0../s1. The average Bonchev–Trinajstić information content (AvgIpc) is 2.31. The van der Waals surface area contributed by atoms with Crippen LogP contribution in [-0.4, -0.2) is 34.2 Å². The van der Waals surface area contributed by atoms with Gasteiger partial charge in [0.2, 0.25) is 0 Å². The molecule has 0 bridgehead atoms. The molecule has 114 valence electrons. The molecule has 0 saturated carbocycles. The third kappa shape index (κ3) is 6.72. The van der Waals surface area contributed by atoms with Crippen molar-refractivity contribution in [3.05, 3.63) is 35.4 Å². The number of hydrogen-bond donors (Lipinski definition) is 4. The maximum atomic E-state index is 10.6. The van der Waals surface area contributed by atoms with E-state index < -0.39 is 24.0 Å². The van der Waals surface area contributed by atoms with Crippen LogP contribution < -0.4 is 11.5 Å². The van der Waals surface area contributed by atoms with E-state index >= 15 is 0 Å². The molecule has 20 heavy (non-hydrogen) atoms. The number of aliphatic carboxylic acids is 2. The molecule has 1 aromatic rings. The fourth-order valence-corrected chi connectivity index (χ4v) is 1.49. The van der Waals surface area contributed by atoms with E-state index in [2.05, 4.69) is 0 Å². The molecule has 0 spiro atoms. The topological polar surface area (TPSA) is 127 Å². The molecule has 0 heterocycles. The van der Waals surface area contributed by atoms with Crippen LogP contribution in [0.1, 0.15) is 11.1 Å². The molecule has 0 saturated heterocycles. The van der Waals surface area contributed by atoms with Crippen LogP contribution in [0, 0.1) is 0 Å². The van der Waals surface area contributed by atoms with Gasteiger partial charge < -0.3 is 21.7 Å². The molecule has 2 atom stereocenters. The summed E-state index contributed by atoms with van der Waals surface area (Å²) in [6.07, 6.45) is 0.473. The second-order valence-corrected chi connectivity index (χ2v) is 4.11. The molecule has 0 amide bonds. The molecule has 0 aliphatic rings. The molecule has 1 rings (SSSR count). The molecule has 8 heteroatoms. The second-order valence-electron chi connectivity index (χ2n) is 4.11. The van der Waals surface area contributed by atoms with Crippen molar-refractivity contribution in [3.8, 4) is 0 Å². The number of halogens is 2. The van der Waals surface area contributed by atoms with Crippen LogP contribution in [0.3, 0.4) is 0 Å². The van der Waals surface area contributed by atoms with Crippen LogP contribution in [0.5, 0.6) is 0 Å². The molecule has 1 aromatic carbocycles. The Morgan fingerprint density at radius 1 is 0.850 bits per heavy atom. The van der Waals surface area contributed by atoms with E-state index in [1.165, 1.54) is 0 Å². The first kappa shape index (κ1) is 21.0. The lowest BCUT2D eigenvalue weighted by molar-refractivity contribution is -0.139. The Morgan fingerprint density at radius 2 is 1.10 bits per heavy atom. The first-order valence-electron chi connectivity index (χ1n) is 5.44. The molecule has 0 aromatic heterocycles. The lowest BCUT2D eigenvalue weighted by Gasteiger charge is -2.09. The van der Waals surface area contributed by atoms with Crippen LogP contribution in [0.4, 0.5) is 0 Å². The number of rotatable bonds is 6. The Morgan fingerprint density at radius 3 is 1.30 bits per heavy atom. The van der Waals surface area contributed by atoms with E-state index in [1.807, 2.05) is 0 Å². The summed E-state index contributed by atoms with van der Waals surface area (Å²) >= 11 is 0. The van der Waals surface area contributed by atoms with E-state index in [1.54, 1.807) is 24.3 Å². The summed E-state index contributed by atoms with van der Waals surface area (Å²) in [7, 11) is 0. The first-order valence-corrected chi connectivity index (χ1v) is 5.44. The largest absolute Gasteiger partial charge is 0.480 e. The predicted molar refractivity (Wildman–Crippen MR) is 79.6 cm³/mol. The number of hydrogen-bond acceptors (Lipinski definition) is 4. The molecule has 0 fully saturated rings. The van der Waals surface area contributed by atoms with Crippen LogP contribution >= 0.6 is 24.8 Å². The maximum Gasteiger partial charge on any atom is 0.320 e. The van der Waals surface area contributed by atoms with Gasteiger partial charge in [0.15, 0.2) is 0 Å². The SMILES string of the molecule is Cl.Cl.N[C@@H](Cc1ccc(C[C@H](N)C(=O)O)cc1)C(=O)O. The summed E-state index contributed by atoms with van der Waals surface area (Å²) in [5.74, 6) is -2.10. The Hall–Kier alpha value is -1.34.